The van der Waals surface area contributed by atoms with Crippen LogP contribution in [0.5, 0.6) is 0 Å². The van der Waals surface area contributed by atoms with Crippen molar-refractivity contribution < 1.29 is 48.2 Å². The number of likely N-dealkylation sites (tertiary alicyclic amines) is 1. The lowest BCUT2D eigenvalue weighted by atomic mass is 9.43. The first-order valence-corrected chi connectivity index (χ1v) is 15.7. The van der Waals surface area contributed by atoms with E-state index in [1.165, 1.54) is 14.0 Å². The fourth-order valence-electron chi connectivity index (χ4n) is 12.3. The summed E-state index contributed by atoms with van der Waals surface area (Å²) in [5.41, 5.74) is -3.93. The van der Waals surface area contributed by atoms with E-state index >= 15 is 0 Å². The molecule has 6 aliphatic rings. The minimum Gasteiger partial charge on any atom is -0.455 e. The van der Waals surface area contributed by atoms with Crippen molar-refractivity contribution in [2.75, 3.05) is 48.6 Å². The molecule has 6 fully saturated rings. The van der Waals surface area contributed by atoms with E-state index in [4.69, 9.17) is 28.4 Å². The molecule has 11 nitrogen and oxygen atoms in total. The summed E-state index contributed by atoms with van der Waals surface area (Å²) >= 11 is 0. The van der Waals surface area contributed by atoms with Gasteiger partial charge in [0.2, 0.25) is 0 Å². The number of benzene rings is 1. The summed E-state index contributed by atoms with van der Waals surface area (Å²) in [5.74, 6) is -2.96. The number of hydrogen-bond acceptors (Lipinski definition) is 11. The predicted molar refractivity (Wildman–Crippen MR) is 154 cm³/mol. The van der Waals surface area contributed by atoms with Crippen LogP contribution >= 0.6 is 0 Å². The second-order valence-electron chi connectivity index (χ2n) is 14.2. The average molecular weight is 616 g/mol. The van der Waals surface area contributed by atoms with Crippen molar-refractivity contribution >= 4 is 11.9 Å². The van der Waals surface area contributed by atoms with Crippen LogP contribution < -0.4 is 0 Å². The number of rotatable bonds is 8. The molecule has 1 heterocycles. The molecule has 5 saturated carbocycles. The Labute approximate surface area is 258 Å². The SMILES string of the molecule is COC[C@@]12CC[C@H](OC)[C@]34C([C@H]([C@H](OC)[C@H]13)[C@]1(OC(C)=O)[C@H]3[C@@H](OC(=O)c5ccccc5)[C@](O)(C[C@H]34)[C@H](OC)[C@@H]1O)N(C)C2. The number of aliphatic hydroxyl groups excluding tert-OH is 1. The maximum absolute atomic E-state index is 13.7. The van der Waals surface area contributed by atoms with Crippen molar-refractivity contribution in [3.63, 3.8) is 0 Å². The molecule has 0 radical (unpaired) electrons. The molecule has 11 heteroatoms. The monoisotopic (exact) mass is 615 g/mol. The topological polar surface area (TPSA) is 133 Å². The van der Waals surface area contributed by atoms with Crippen LogP contribution in [-0.4, -0.2) is 123 Å². The quantitative estimate of drug-likeness (QED) is 0.410. The molecule has 0 aromatic heterocycles. The Kier molecular flexibility index (Phi) is 7.07. The van der Waals surface area contributed by atoms with E-state index in [2.05, 4.69) is 11.9 Å². The first kappa shape index (κ1) is 30.5. The second kappa shape index (κ2) is 10.2. The van der Waals surface area contributed by atoms with Gasteiger partial charge in [-0.15, -0.1) is 0 Å². The third-order valence-corrected chi connectivity index (χ3v) is 12.8. The standard InChI is InChI=1S/C33H45NO10/c1-17(35)44-33-21-19(14-31(38,28(42-6)26(33)36)27(21)43-29(37)18-10-8-7-9-11-18)32-20(40-4)12-13-30(16-39-3)15-34(2)25(32)22(33)23(41-5)24(30)32/h7-11,19-28,36,38H,12-16H2,1-6H3/t19-,20+,21-,22+,23+,24-,25?,26+,27-,28-,30+,31-,32+,33-/m1/s1. The molecule has 1 spiro atoms. The smallest absolute Gasteiger partial charge is 0.338 e. The Hall–Kier alpha value is -2.12. The third kappa shape index (κ3) is 3.41. The third-order valence-electron chi connectivity index (χ3n) is 12.8. The summed E-state index contributed by atoms with van der Waals surface area (Å²) in [7, 11) is 8.63. The van der Waals surface area contributed by atoms with Gasteiger partial charge in [-0.3, -0.25) is 4.79 Å². The molecule has 44 heavy (non-hydrogen) atoms. The van der Waals surface area contributed by atoms with Gasteiger partial charge in [-0.25, -0.2) is 4.79 Å². The van der Waals surface area contributed by atoms with Crippen molar-refractivity contribution in [2.24, 2.45) is 34.5 Å². The number of piperidine rings is 1. The molecule has 0 amide bonds. The Bertz CT molecular complexity index is 1310. The van der Waals surface area contributed by atoms with Gasteiger partial charge in [-0.2, -0.15) is 0 Å². The van der Waals surface area contributed by atoms with Crippen LogP contribution in [0.4, 0.5) is 0 Å². The second-order valence-corrected chi connectivity index (χ2v) is 14.2. The molecule has 1 saturated heterocycles. The van der Waals surface area contributed by atoms with Crippen LogP contribution in [-0.2, 0) is 33.2 Å². The van der Waals surface area contributed by atoms with Crippen LogP contribution in [0.3, 0.4) is 0 Å². The van der Waals surface area contributed by atoms with Crippen LogP contribution in [0, 0.1) is 34.5 Å². The lowest BCUT2D eigenvalue weighted by Gasteiger charge is -2.69. The Morgan fingerprint density at radius 3 is 2.36 bits per heavy atom. The van der Waals surface area contributed by atoms with Crippen LogP contribution in [0.1, 0.15) is 36.5 Å². The van der Waals surface area contributed by atoms with E-state index in [0.717, 1.165) is 19.4 Å². The number of esters is 2. The average Bonchev–Trinajstić information content (AvgIpc) is 3.39. The molecule has 7 bridgehead atoms. The van der Waals surface area contributed by atoms with Gasteiger partial charge in [-0.1, -0.05) is 18.2 Å². The number of aliphatic hydroxyl groups is 2. The van der Waals surface area contributed by atoms with Gasteiger partial charge in [0.05, 0.1) is 24.4 Å². The van der Waals surface area contributed by atoms with E-state index in [0.29, 0.717) is 12.2 Å². The molecule has 1 aromatic carbocycles. The Morgan fingerprint density at radius 1 is 1.02 bits per heavy atom. The van der Waals surface area contributed by atoms with Crippen LogP contribution in [0.2, 0.25) is 0 Å². The Morgan fingerprint density at radius 2 is 1.75 bits per heavy atom. The van der Waals surface area contributed by atoms with Crippen molar-refractivity contribution in [1.82, 2.24) is 4.90 Å². The zero-order valence-corrected chi connectivity index (χ0v) is 26.3. The van der Waals surface area contributed by atoms with Gasteiger partial charge >= 0.3 is 11.9 Å². The fourth-order valence-corrected chi connectivity index (χ4v) is 12.3. The fraction of sp³-hybridized carbons (Fsp3) is 0.758. The van der Waals surface area contributed by atoms with E-state index < -0.39 is 64.8 Å². The summed E-state index contributed by atoms with van der Waals surface area (Å²) < 4.78 is 37.5. The highest BCUT2D eigenvalue weighted by Gasteiger charge is 2.91. The molecule has 5 aliphatic carbocycles. The number of methoxy groups -OCH3 is 4. The molecular weight excluding hydrogens is 570 g/mol. The maximum Gasteiger partial charge on any atom is 0.338 e. The number of ether oxygens (including phenoxy) is 6. The Balaban J connectivity index is 1.51. The largest absolute Gasteiger partial charge is 0.455 e. The molecule has 242 valence electrons. The summed E-state index contributed by atoms with van der Waals surface area (Å²) in [6, 6.07) is 8.39. The number of fused-ring (bicyclic) bond motifs is 2. The normalized spacial score (nSPS) is 49.9. The van der Waals surface area contributed by atoms with E-state index in [1.54, 1.807) is 45.6 Å². The molecule has 1 aromatic rings. The number of carbonyl (C=O) groups excluding carboxylic acids is 2. The van der Waals surface area contributed by atoms with Gasteiger partial charge in [0.25, 0.3) is 0 Å². The summed E-state index contributed by atoms with van der Waals surface area (Å²) in [6.45, 7) is 2.56. The van der Waals surface area contributed by atoms with Gasteiger partial charge in [0, 0.05) is 76.5 Å². The van der Waals surface area contributed by atoms with E-state index in [-0.39, 0.29) is 35.8 Å². The van der Waals surface area contributed by atoms with Gasteiger partial charge in [0.15, 0.2) is 5.60 Å². The number of carbonyl (C=O) groups is 2. The lowest BCUT2D eigenvalue weighted by molar-refractivity contribution is -0.316. The van der Waals surface area contributed by atoms with Crippen molar-refractivity contribution in [1.29, 1.82) is 0 Å². The number of nitrogens with zero attached hydrogens (tertiary/aromatic N) is 1. The first-order valence-electron chi connectivity index (χ1n) is 15.7. The zero-order valence-electron chi connectivity index (χ0n) is 26.3. The van der Waals surface area contributed by atoms with Crippen molar-refractivity contribution in [3.8, 4) is 0 Å². The molecule has 2 N–H and O–H groups in total. The summed E-state index contributed by atoms with van der Waals surface area (Å²) in [5, 5.41) is 25.1. The van der Waals surface area contributed by atoms with Crippen LogP contribution in [0.25, 0.3) is 0 Å². The van der Waals surface area contributed by atoms with E-state index in [9.17, 15) is 19.8 Å². The lowest BCUT2D eigenvalue weighted by Crippen LogP contribution is -2.80. The summed E-state index contributed by atoms with van der Waals surface area (Å²) in [4.78, 5) is 29.2. The highest BCUT2D eigenvalue weighted by Crippen LogP contribution is 2.80. The minimum atomic E-state index is -1.76. The maximum atomic E-state index is 13.7. The number of hydrogen-bond donors (Lipinski definition) is 2. The first-order chi connectivity index (χ1) is 21.0. The minimum absolute atomic E-state index is 0.103. The summed E-state index contributed by atoms with van der Waals surface area (Å²) in [6.07, 6.45) is -2.66. The highest BCUT2D eigenvalue weighted by atomic mass is 16.6. The van der Waals surface area contributed by atoms with Gasteiger partial charge in [0.1, 0.15) is 23.9 Å². The molecule has 1 aliphatic heterocycles. The van der Waals surface area contributed by atoms with Crippen molar-refractivity contribution in [2.45, 2.75) is 73.9 Å². The molecule has 1 unspecified atom stereocenters. The molecular formula is C33H45NO10. The van der Waals surface area contributed by atoms with Crippen molar-refractivity contribution in [3.05, 3.63) is 35.9 Å². The van der Waals surface area contributed by atoms with E-state index in [1.807, 2.05) is 6.07 Å². The zero-order chi connectivity index (χ0) is 31.4. The molecule has 14 atom stereocenters. The van der Waals surface area contributed by atoms with Gasteiger partial charge in [-0.05, 0) is 44.4 Å². The highest BCUT2D eigenvalue weighted by molar-refractivity contribution is 5.89. The predicted octanol–water partition coefficient (Wildman–Crippen LogP) is 1.29. The van der Waals surface area contributed by atoms with Gasteiger partial charge < -0.3 is 43.5 Å². The van der Waals surface area contributed by atoms with Crippen LogP contribution in [0.15, 0.2) is 30.3 Å². The molecule has 7 rings (SSSR count).